The third kappa shape index (κ3) is 2.50. The van der Waals surface area contributed by atoms with E-state index in [1.165, 1.54) is 18.4 Å². The van der Waals surface area contributed by atoms with Gasteiger partial charge >= 0.3 is 0 Å². The average molecular weight is 122 g/mol. The predicted molar refractivity (Wildman–Crippen MR) is 41.3 cm³/mol. The predicted octanol–water partition coefficient (Wildman–Crippen LogP) is 2.92. The Morgan fingerprint density at radius 1 is 1.56 bits per heavy atom. The SMILES string of the molecule is CC/C(C)=C/CC1C=C1. The summed E-state index contributed by atoms with van der Waals surface area (Å²) in [6.07, 6.45) is 9.27. The van der Waals surface area contributed by atoms with Gasteiger partial charge in [0.05, 0.1) is 0 Å². The molecule has 0 radical (unpaired) electrons. The molecule has 1 rings (SSSR count). The fourth-order valence-electron chi connectivity index (χ4n) is 0.717. The van der Waals surface area contributed by atoms with Crippen molar-refractivity contribution in [2.24, 2.45) is 5.92 Å². The summed E-state index contributed by atoms with van der Waals surface area (Å²) in [6, 6.07) is 0. The molecule has 1 aliphatic rings. The smallest absolute Gasteiger partial charge is 0.00184 e. The van der Waals surface area contributed by atoms with Gasteiger partial charge in [-0.05, 0) is 25.7 Å². The lowest BCUT2D eigenvalue weighted by molar-refractivity contribution is 0.918. The van der Waals surface area contributed by atoms with Crippen molar-refractivity contribution in [2.75, 3.05) is 0 Å². The molecule has 0 aromatic rings. The van der Waals surface area contributed by atoms with Crippen molar-refractivity contribution in [1.82, 2.24) is 0 Å². The molecule has 0 saturated carbocycles. The summed E-state index contributed by atoms with van der Waals surface area (Å²) in [5, 5.41) is 0. The zero-order valence-corrected chi connectivity index (χ0v) is 6.22. The monoisotopic (exact) mass is 122 g/mol. The van der Waals surface area contributed by atoms with E-state index in [1.807, 2.05) is 0 Å². The summed E-state index contributed by atoms with van der Waals surface area (Å²) < 4.78 is 0. The van der Waals surface area contributed by atoms with Gasteiger partial charge in [0.15, 0.2) is 0 Å². The lowest BCUT2D eigenvalue weighted by Crippen LogP contribution is -1.75. The van der Waals surface area contributed by atoms with Crippen LogP contribution >= 0.6 is 0 Å². The van der Waals surface area contributed by atoms with E-state index < -0.39 is 0 Å². The summed E-state index contributed by atoms with van der Waals surface area (Å²) in [5.41, 5.74) is 1.52. The molecule has 0 nitrogen and oxygen atoms in total. The van der Waals surface area contributed by atoms with Crippen LogP contribution in [0.4, 0.5) is 0 Å². The van der Waals surface area contributed by atoms with Gasteiger partial charge in [0.1, 0.15) is 0 Å². The van der Waals surface area contributed by atoms with E-state index in [0.717, 1.165) is 5.92 Å². The third-order valence-electron chi connectivity index (χ3n) is 1.76. The first kappa shape index (κ1) is 6.60. The zero-order valence-electron chi connectivity index (χ0n) is 6.22. The highest BCUT2D eigenvalue weighted by molar-refractivity contribution is 5.16. The Balaban J connectivity index is 2.13. The Morgan fingerprint density at radius 2 is 2.22 bits per heavy atom. The van der Waals surface area contributed by atoms with E-state index in [1.54, 1.807) is 0 Å². The molecule has 0 atom stereocenters. The van der Waals surface area contributed by atoms with Crippen molar-refractivity contribution in [1.29, 1.82) is 0 Å². The van der Waals surface area contributed by atoms with Crippen LogP contribution in [0, 0.1) is 5.92 Å². The fourth-order valence-corrected chi connectivity index (χ4v) is 0.717. The van der Waals surface area contributed by atoms with Crippen LogP contribution in [0.15, 0.2) is 23.8 Å². The molecule has 0 heterocycles. The number of rotatable bonds is 3. The second-order valence-electron chi connectivity index (χ2n) is 2.69. The van der Waals surface area contributed by atoms with Crippen LogP contribution in [0.2, 0.25) is 0 Å². The first-order valence-electron chi connectivity index (χ1n) is 3.67. The molecule has 0 aliphatic heterocycles. The topological polar surface area (TPSA) is 0 Å². The Hall–Kier alpha value is -0.520. The average Bonchev–Trinajstić information content (AvgIpc) is 2.65. The number of hydrogen-bond acceptors (Lipinski definition) is 0. The van der Waals surface area contributed by atoms with E-state index in [-0.39, 0.29) is 0 Å². The molecule has 0 aromatic carbocycles. The standard InChI is InChI=1S/C9H14/c1-3-8(2)4-5-9-6-7-9/h4,6-7,9H,3,5H2,1-2H3/b8-4+. The highest BCUT2D eigenvalue weighted by Gasteiger charge is 2.07. The minimum Gasteiger partial charge on any atom is -0.0847 e. The van der Waals surface area contributed by atoms with Crippen LogP contribution in [0.3, 0.4) is 0 Å². The molecule has 0 bridgehead atoms. The van der Waals surface area contributed by atoms with Gasteiger partial charge in [-0.3, -0.25) is 0 Å². The van der Waals surface area contributed by atoms with Gasteiger partial charge in [-0.2, -0.15) is 0 Å². The van der Waals surface area contributed by atoms with E-state index in [0.29, 0.717) is 0 Å². The van der Waals surface area contributed by atoms with Crippen LogP contribution in [-0.2, 0) is 0 Å². The molecule has 9 heavy (non-hydrogen) atoms. The Kier molecular flexibility index (Phi) is 2.10. The van der Waals surface area contributed by atoms with Crippen LogP contribution in [-0.4, -0.2) is 0 Å². The summed E-state index contributed by atoms with van der Waals surface area (Å²) in [6.45, 7) is 4.40. The number of hydrogen-bond donors (Lipinski definition) is 0. The molecule has 0 unspecified atom stereocenters. The van der Waals surface area contributed by atoms with Crippen LogP contribution in [0.5, 0.6) is 0 Å². The van der Waals surface area contributed by atoms with Crippen molar-refractivity contribution in [3.63, 3.8) is 0 Å². The number of allylic oxidation sites excluding steroid dienone is 4. The van der Waals surface area contributed by atoms with Crippen LogP contribution in [0.1, 0.15) is 26.7 Å². The lowest BCUT2D eigenvalue weighted by Gasteiger charge is -1.92. The Morgan fingerprint density at radius 3 is 2.67 bits per heavy atom. The fraction of sp³-hybridized carbons (Fsp3) is 0.556. The molecule has 0 aromatic heterocycles. The van der Waals surface area contributed by atoms with E-state index >= 15 is 0 Å². The molecule has 0 heteroatoms. The van der Waals surface area contributed by atoms with E-state index in [2.05, 4.69) is 32.1 Å². The maximum Gasteiger partial charge on any atom is -0.00184 e. The van der Waals surface area contributed by atoms with Gasteiger partial charge in [0, 0.05) is 0 Å². The summed E-state index contributed by atoms with van der Waals surface area (Å²) in [5.74, 6) is 0.812. The van der Waals surface area contributed by atoms with E-state index in [4.69, 9.17) is 0 Å². The first-order chi connectivity index (χ1) is 4.33. The van der Waals surface area contributed by atoms with Crippen molar-refractivity contribution < 1.29 is 0 Å². The third-order valence-corrected chi connectivity index (χ3v) is 1.76. The largest absolute Gasteiger partial charge is 0.0847 e. The quantitative estimate of drug-likeness (QED) is 0.505. The molecular formula is C9H14. The molecular weight excluding hydrogens is 108 g/mol. The second-order valence-corrected chi connectivity index (χ2v) is 2.69. The summed E-state index contributed by atoms with van der Waals surface area (Å²) in [4.78, 5) is 0. The minimum atomic E-state index is 0.812. The molecule has 0 spiro atoms. The lowest BCUT2D eigenvalue weighted by atomic mass is 10.1. The maximum absolute atomic E-state index is 2.34. The molecule has 0 N–H and O–H groups in total. The molecule has 0 saturated heterocycles. The highest BCUT2D eigenvalue weighted by atomic mass is 14.1. The maximum atomic E-state index is 2.34. The van der Waals surface area contributed by atoms with Crippen molar-refractivity contribution in [3.05, 3.63) is 23.8 Å². The van der Waals surface area contributed by atoms with Crippen LogP contribution < -0.4 is 0 Å². The van der Waals surface area contributed by atoms with Gasteiger partial charge in [-0.25, -0.2) is 0 Å². The Bertz CT molecular complexity index is 134. The van der Waals surface area contributed by atoms with Crippen molar-refractivity contribution in [3.8, 4) is 0 Å². The summed E-state index contributed by atoms with van der Waals surface area (Å²) >= 11 is 0. The summed E-state index contributed by atoms with van der Waals surface area (Å²) in [7, 11) is 0. The first-order valence-corrected chi connectivity index (χ1v) is 3.67. The zero-order chi connectivity index (χ0) is 6.69. The van der Waals surface area contributed by atoms with Crippen LogP contribution in [0.25, 0.3) is 0 Å². The molecule has 50 valence electrons. The van der Waals surface area contributed by atoms with Gasteiger partial charge < -0.3 is 0 Å². The second kappa shape index (κ2) is 2.86. The van der Waals surface area contributed by atoms with Crippen molar-refractivity contribution >= 4 is 0 Å². The normalized spacial score (nSPS) is 18.7. The molecule has 1 aliphatic carbocycles. The van der Waals surface area contributed by atoms with Crippen molar-refractivity contribution in [2.45, 2.75) is 26.7 Å². The van der Waals surface area contributed by atoms with E-state index in [9.17, 15) is 0 Å². The van der Waals surface area contributed by atoms with Gasteiger partial charge in [-0.15, -0.1) is 0 Å². The van der Waals surface area contributed by atoms with Gasteiger partial charge in [-0.1, -0.05) is 30.7 Å². The molecule has 0 amide bonds. The molecule has 0 fully saturated rings. The minimum absolute atomic E-state index is 0.812. The van der Waals surface area contributed by atoms with Gasteiger partial charge in [0.2, 0.25) is 0 Å². The van der Waals surface area contributed by atoms with Gasteiger partial charge in [0.25, 0.3) is 0 Å². The Labute approximate surface area is 57.3 Å². The highest BCUT2D eigenvalue weighted by Crippen LogP contribution is 2.21.